The van der Waals surface area contributed by atoms with E-state index in [0.29, 0.717) is 0 Å². The van der Waals surface area contributed by atoms with Gasteiger partial charge in [0.25, 0.3) is 5.91 Å². The van der Waals surface area contributed by atoms with Crippen LogP contribution in [0.3, 0.4) is 0 Å². The third-order valence-corrected chi connectivity index (χ3v) is 5.61. The Labute approximate surface area is 167 Å². The molecule has 1 aromatic rings. The minimum atomic E-state index is -2.23. The van der Waals surface area contributed by atoms with Crippen molar-refractivity contribution in [2.24, 2.45) is 0 Å². The van der Waals surface area contributed by atoms with E-state index in [1.165, 1.54) is 26.0 Å². The highest BCUT2D eigenvalue weighted by Gasteiger charge is 2.57. The number of nitrogens with zero attached hydrogens (tertiary/aromatic N) is 1. The SMILES string of the molecule is CC(C)(O)[C@@H](O)C[C@]1(O)C(=O)N([C@@H]2O[C@H](CO)[C@@H](O)[C@H](O)[C@H]2O)c2ccccc21. The molecule has 2 aliphatic rings. The zero-order valence-electron chi connectivity index (χ0n) is 16.1. The molecule has 0 saturated carbocycles. The van der Waals surface area contributed by atoms with Gasteiger partial charge in [-0.2, -0.15) is 0 Å². The lowest BCUT2D eigenvalue weighted by Gasteiger charge is -2.43. The van der Waals surface area contributed by atoms with Crippen molar-refractivity contribution in [3.8, 4) is 0 Å². The van der Waals surface area contributed by atoms with Crippen molar-refractivity contribution in [3.05, 3.63) is 29.8 Å². The first-order chi connectivity index (χ1) is 13.4. The normalized spacial score (nSPS) is 36.2. The summed E-state index contributed by atoms with van der Waals surface area (Å²) in [5.74, 6) is -0.939. The second-order valence-electron chi connectivity index (χ2n) is 8.15. The second-order valence-corrected chi connectivity index (χ2v) is 8.15. The van der Waals surface area contributed by atoms with Crippen LogP contribution >= 0.6 is 0 Å². The number of ether oxygens (including phenoxy) is 1. The van der Waals surface area contributed by atoms with E-state index >= 15 is 0 Å². The molecule has 2 aliphatic heterocycles. The molecule has 7 N–H and O–H groups in total. The van der Waals surface area contributed by atoms with Gasteiger partial charge in [0.15, 0.2) is 11.8 Å². The predicted molar refractivity (Wildman–Crippen MR) is 98.5 cm³/mol. The van der Waals surface area contributed by atoms with Crippen LogP contribution < -0.4 is 4.90 Å². The lowest BCUT2D eigenvalue weighted by Crippen LogP contribution is -2.64. The smallest absolute Gasteiger partial charge is 0.265 e. The summed E-state index contributed by atoms with van der Waals surface area (Å²) in [6.07, 6.45) is -9.77. The summed E-state index contributed by atoms with van der Waals surface area (Å²) < 4.78 is 5.48. The lowest BCUT2D eigenvalue weighted by atomic mass is 9.84. The van der Waals surface area contributed by atoms with Crippen LogP contribution in [0.5, 0.6) is 0 Å². The van der Waals surface area contributed by atoms with Crippen LogP contribution in [0.1, 0.15) is 25.8 Å². The van der Waals surface area contributed by atoms with Crippen molar-refractivity contribution < 1.29 is 45.3 Å². The highest BCUT2D eigenvalue weighted by atomic mass is 16.6. The maximum atomic E-state index is 13.3. The average molecular weight is 413 g/mol. The number of hydrogen-bond acceptors (Lipinski definition) is 9. The molecule has 0 aliphatic carbocycles. The number of aliphatic hydroxyl groups excluding tert-OH is 5. The van der Waals surface area contributed by atoms with E-state index in [4.69, 9.17) is 4.74 Å². The van der Waals surface area contributed by atoms with Crippen LogP contribution in [-0.2, 0) is 15.1 Å². The molecular weight excluding hydrogens is 386 g/mol. The maximum absolute atomic E-state index is 13.3. The number of benzene rings is 1. The third-order valence-electron chi connectivity index (χ3n) is 5.61. The van der Waals surface area contributed by atoms with Crippen molar-refractivity contribution in [3.63, 3.8) is 0 Å². The molecule has 0 radical (unpaired) electrons. The fraction of sp³-hybridized carbons (Fsp3) is 0.632. The summed E-state index contributed by atoms with van der Waals surface area (Å²) >= 11 is 0. The van der Waals surface area contributed by atoms with Crippen LogP contribution in [0, 0.1) is 0 Å². The van der Waals surface area contributed by atoms with E-state index < -0.39 is 66.9 Å². The molecule has 2 heterocycles. The highest BCUT2D eigenvalue weighted by Crippen LogP contribution is 2.46. The summed E-state index contributed by atoms with van der Waals surface area (Å²) in [5, 5.41) is 71.4. The largest absolute Gasteiger partial charge is 0.394 e. The molecule has 29 heavy (non-hydrogen) atoms. The van der Waals surface area contributed by atoms with E-state index in [1.54, 1.807) is 12.1 Å². The fourth-order valence-electron chi connectivity index (χ4n) is 3.73. The molecule has 1 aromatic carbocycles. The molecule has 0 unspecified atom stereocenters. The van der Waals surface area contributed by atoms with Gasteiger partial charge in [-0.3, -0.25) is 9.69 Å². The molecule has 3 rings (SSSR count). The van der Waals surface area contributed by atoms with Gasteiger partial charge in [0.05, 0.1) is 24.0 Å². The van der Waals surface area contributed by atoms with Gasteiger partial charge in [0, 0.05) is 12.0 Å². The van der Waals surface area contributed by atoms with E-state index in [9.17, 15) is 40.5 Å². The molecule has 1 saturated heterocycles. The Morgan fingerprint density at radius 1 is 1.17 bits per heavy atom. The van der Waals surface area contributed by atoms with Crippen molar-refractivity contribution in [1.82, 2.24) is 0 Å². The first kappa shape index (κ1) is 22.1. The van der Waals surface area contributed by atoms with E-state index in [0.717, 1.165) is 4.90 Å². The Bertz CT molecular complexity index is 764. The molecule has 0 bridgehead atoms. The van der Waals surface area contributed by atoms with E-state index in [-0.39, 0.29) is 11.3 Å². The molecule has 162 valence electrons. The summed E-state index contributed by atoms with van der Waals surface area (Å²) in [7, 11) is 0. The van der Waals surface area contributed by atoms with Crippen molar-refractivity contribution >= 4 is 11.6 Å². The number of fused-ring (bicyclic) bond motifs is 1. The summed E-state index contributed by atoms with van der Waals surface area (Å²) in [5.41, 5.74) is -3.52. The molecule has 0 spiro atoms. The van der Waals surface area contributed by atoms with Gasteiger partial charge in [-0.1, -0.05) is 18.2 Å². The minimum absolute atomic E-state index is 0.130. The first-order valence-corrected chi connectivity index (χ1v) is 9.30. The van der Waals surface area contributed by atoms with Crippen LogP contribution in [0.2, 0.25) is 0 Å². The van der Waals surface area contributed by atoms with Gasteiger partial charge < -0.3 is 40.5 Å². The zero-order chi connectivity index (χ0) is 21.7. The molecule has 1 amide bonds. The lowest BCUT2D eigenvalue weighted by molar-refractivity contribution is -0.229. The molecular formula is C19H27NO9. The van der Waals surface area contributed by atoms with Crippen LogP contribution in [0.15, 0.2) is 24.3 Å². The summed E-state index contributed by atoms with van der Waals surface area (Å²) in [4.78, 5) is 14.2. The number of aliphatic hydroxyl groups is 7. The number of carbonyl (C=O) groups is 1. The minimum Gasteiger partial charge on any atom is -0.394 e. The van der Waals surface area contributed by atoms with Crippen molar-refractivity contribution in [1.29, 1.82) is 0 Å². The molecule has 10 nitrogen and oxygen atoms in total. The number of rotatable bonds is 5. The number of amides is 1. The van der Waals surface area contributed by atoms with Gasteiger partial charge >= 0.3 is 0 Å². The third kappa shape index (κ3) is 3.56. The molecule has 1 fully saturated rings. The van der Waals surface area contributed by atoms with Crippen LogP contribution in [0.4, 0.5) is 5.69 Å². The Kier molecular flexibility index (Phi) is 5.75. The fourth-order valence-corrected chi connectivity index (χ4v) is 3.73. The van der Waals surface area contributed by atoms with Gasteiger partial charge in [-0.15, -0.1) is 0 Å². The maximum Gasteiger partial charge on any atom is 0.265 e. The summed E-state index contributed by atoms with van der Waals surface area (Å²) in [6.45, 7) is 2.00. The monoisotopic (exact) mass is 413 g/mol. The standard InChI is InChI=1S/C19H27NO9/c1-18(2,27)12(22)7-19(28)9-5-3-4-6-10(9)20(17(19)26)16-15(25)14(24)13(23)11(8-21)29-16/h3-6,11-16,21-25,27-28H,7-8H2,1-2H3/t11-,12+,13-,14+,15-,16-,19-/m1/s1. The van der Waals surface area contributed by atoms with Gasteiger partial charge in [0.1, 0.15) is 24.4 Å². The topological polar surface area (TPSA) is 171 Å². The van der Waals surface area contributed by atoms with Gasteiger partial charge in [0.2, 0.25) is 0 Å². The summed E-state index contributed by atoms with van der Waals surface area (Å²) in [6, 6.07) is 6.11. The van der Waals surface area contributed by atoms with Gasteiger partial charge in [-0.05, 0) is 19.9 Å². The van der Waals surface area contributed by atoms with E-state index in [1.807, 2.05) is 0 Å². The number of anilines is 1. The van der Waals surface area contributed by atoms with Crippen molar-refractivity contribution in [2.75, 3.05) is 11.5 Å². The Morgan fingerprint density at radius 2 is 1.79 bits per heavy atom. The van der Waals surface area contributed by atoms with Crippen molar-refractivity contribution in [2.45, 2.75) is 68.2 Å². The van der Waals surface area contributed by atoms with E-state index in [2.05, 4.69) is 0 Å². The molecule has 10 heteroatoms. The number of hydrogen-bond donors (Lipinski definition) is 7. The molecule has 7 atom stereocenters. The Balaban J connectivity index is 2.02. The average Bonchev–Trinajstić information content (AvgIpc) is 2.87. The quantitative estimate of drug-likeness (QED) is 0.277. The molecule has 0 aromatic heterocycles. The van der Waals surface area contributed by atoms with Gasteiger partial charge in [-0.25, -0.2) is 0 Å². The number of carbonyl (C=O) groups excluding carboxylic acids is 1. The predicted octanol–water partition coefficient (Wildman–Crippen LogP) is -2.46. The first-order valence-electron chi connectivity index (χ1n) is 9.30. The second kappa shape index (κ2) is 7.56. The van der Waals surface area contributed by atoms with Crippen LogP contribution in [0.25, 0.3) is 0 Å². The zero-order valence-corrected chi connectivity index (χ0v) is 16.1. The number of para-hydroxylation sites is 1. The Hall–Kier alpha value is -1.63. The highest BCUT2D eigenvalue weighted by molar-refractivity contribution is 6.07. The van der Waals surface area contributed by atoms with Crippen LogP contribution in [-0.4, -0.2) is 90.6 Å². The Morgan fingerprint density at radius 3 is 2.38 bits per heavy atom.